The maximum atomic E-state index is 12.5. The van der Waals surface area contributed by atoms with Crippen LogP contribution in [0.3, 0.4) is 0 Å². The number of nitrogens with two attached hydrogens (primary N) is 1. The number of aliphatic hydroxyl groups is 1. The number of ether oxygens (including phenoxy) is 1. The predicted octanol–water partition coefficient (Wildman–Crippen LogP) is 5.19. The Morgan fingerprint density at radius 2 is 1.67 bits per heavy atom. The van der Waals surface area contributed by atoms with Crippen LogP contribution in [0.1, 0.15) is 48.3 Å². The quantitative estimate of drug-likeness (QED) is 0.452. The first-order chi connectivity index (χ1) is 15.7. The van der Waals surface area contributed by atoms with Crippen LogP contribution in [0.4, 0.5) is 15.5 Å². The number of carbonyl (C=O) groups excluding carboxylic acids is 1. The van der Waals surface area contributed by atoms with Crippen LogP contribution in [0.15, 0.2) is 60.7 Å². The van der Waals surface area contributed by atoms with Crippen molar-refractivity contribution in [3.05, 3.63) is 82.2 Å². The second kappa shape index (κ2) is 9.45. The van der Waals surface area contributed by atoms with Crippen molar-refractivity contribution in [1.82, 2.24) is 4.90 Å². The van der Waals surface area contributed by atoms with Crippen molar-refractivity contribution in [3.63, 3.8) is 0 Å². The number of nitrogen functional groups attached to an aromatic ring is 1. The monoisotopic (exact) mass is 465 g/mol. The Morgan fingerprint density at radius 1 is 1.09 bits per heavy atom. The van der Waals surface area contributed by atoms with Crippen molar-refractivity contribution in [1.29, 1.82) is 0 Å². The minimum Gasteiger partial charge on any atom is -0.444 e. The molecule has 6 nitrogen and oxygen atoms in total. The van der Waals surface area contributed by atoms with E-state index in [4.69, 9.17) is 10.5 Å². The lowest BCUT2D eigenvalue weighted by Crippen LogP contribution is -2.39. The number of thiophene rings is 1. The van der Waals surface area contributed by atoms with Crippen LogP contribution in [0, 0.1) is 0 Å². The molecule has 4 N–H and O–H groups in total. The number of hydrogen-bond donors (Lipinski definition) is 3. The van der Waals surface area contributed by atoms with Gasteiger partial charge in [-0.25, -0.2) is 4.79 Å². The summed E-state index contributed by atoms with van der Waals surface area (Å²) in [5.74, 6) is -0.260. The topological polar surface area (TPSA) is 87.8 Å². The summed E-state index contributed by atoms with van der Waals surface area (Å²) in [6, 6.07) is 19.9. The second-order valence-electron chi connectivity index (χ2n) is 9.29. The number of fused-ring (bicyclic) bond motifs is 1. The van der Waals surface area contributed by atoms with Crippen LogP contribution in [0.5, 0.6) is 0 Å². The molecule has 0 fully saturated rings. The molecular weight excluding hydrogens is 434 g/mol. The van der Waals surface area contributed by atoms with E-state index in [0.29, 0.717) is 25.2 Å². The lowest BCUT2D eigenvalue weighted by Gasteiger charge is -2.30. The van der Waals surface area contributed by atoms with Crippen LogP contribution in [-0.2, 0) is 17.7 Å². The van der Waals surface area contributed by atoms with Gasteiger partial charge in [0.15, 0.2) is 0 Å². The Bertz CT molecular complexity index is 1050. The van der Waals surface area contributed by atoms with Gasteiger partial charge < -0.3 is 25.8 Å². The van der Waals surface area contributed by atoms with E-state index in [9.17, 15) is 9.90 Å². The van der Waals surface area contributed by atoms with E-state index in [1.165, 1.54) is 11.3 Å². The van der Waals surface area contributed by atoms with Crippen molar-refractivity contribution in [2.24, 2.45) is 0 Å². The molecule has 7 heteroatoms. The number of benzene rings is 2. The summed E-state index contributed by atoms with van der Waals surface area (Å²) >= 11 is 1.49. The molecule has 33 heavy (non-hydrogen) atoms. The third kappa shape index (κ3) is 5.31. The van der Waals surface area contributed by atoms with Gasteiger partial charge in [0.2, 0.25) is 0 Å². The molecule has 2 heterocycles. The average Bonchev–Trinajstić information content (AvgIpc) is 3.09. The number of anilines is 2. The largest absolute Gasteiger partial charge is 0.444 e. The highest BCUT2D eigenvalue weighted by atomic mass is 32.1. The number of carbonyl (C=O) groups is 1. The third-order valence-electron chi connectivity index (χ3n) is 5.66. The van der Waals surface area contributed by atoms with Gasteiger partial charge in [0.05, 0.1) is 18.2 Å². The average molecular weight is 466 g/mol. The number of nitrogens with one attached hydrogen (secondary N) is 1. The van der Waals surface area contributed by atoms with Crippen LogP contribution >= 0.6 is 11.3 Å². The van der Waals surface area contributed by atoms with Crippen LogP contribution in [0.2, 0.25) is 0 Å². The first-order valence-electron chi connectivity index (χ1n) is 11.2. The van der Waals surface area contributed by atoms with Gasteiger partial charge in [0, 0.05) is 11.4 Å². The molecular formula is C26H31N3O3S. The highest BCUT2D eigenvalue weighted by Crippen LogP contribution is 2.41. The summed E-state index contributed by atoms with van der Waals surface area (Å²) in [7, 11) is 0. The Morgan fingerprint density at radius 3 is 2.21 bits per heavy atom. The van der Waals surface area contributed by atoms with Gasteiger partial charge in [0.25, 0.3) is 0 Å². The summed E-state index contributed by atoms with van der Waals surface area (Å²) in [4.78, 5) is 15.2. The molecule has 1 amide bonds. The fourth-order valence-electron chi connectivity index (χ4n) is 4.11. The molecule has 0 saturated carbocycles. The number of nitrogens with zero attached hydrogens (tertiary/aromatic N) is 1. The summed E-state index contributed by atoms with van der Waals surface area (Å²) in [6.45, 7) is 6.60. The first-order valence-corrected chi connectivity index (χ1v) is 12.0. The highest BCUT2D eigenvalue weighted by molar-refractivity contribution is 7.17. The Hall–Kier alpha value is -3.03. The molecule has 0 spiro atoms. The van der Waals surface area contributed by atoms with E-state index in [-0.39, 0.29) is 12.0 Å². The number of amides is 1. The molecule has 3 aromatic rings. The van der Waals surface area contributed by atoms with Gasteiger partial charge in [-0.3, -0.25) is 0 Å². The van der Waals surface area contributed by atoms with Crippen LogP contribution in [-0.4, -0.2) is 34.5 Å². The smallest absolute Gasteiger partial charge is 0.410 e. The number of rotatable bonds is 5. The molecule has 1 unspecified atom stereocenters. The van der Waals surface area contributed by atoms with Crippen molar-refractivity contribution in [2.45, 2.75) is 51.5 Å². The van der Waals surface area contributed by atoms with Gasteiger partial charge in [-0.2, -0.15) is 0 Å². The van der Waals surface area contributed by atoms with Gasteiger partial charge in [-0.05, 0) is 43.9 Å². The predicted molar refractivity (Wildman–Crippen MR) is 133 cm³/mol. The lowest BCUT2D eigenvalue weighted by atomic mass is 9.89. The molecule has 0 radical (unpaired) electrons. The third-order valence-corrected chi connectivity index (χ3v) is 6.83. The van der Waals surface area contributed by atoms with E-state index in [0.717, 1.165) is 26.6 Å². The van der Waals surface area contributed by atoms with Crippen LogP contribution in [0.25, 0.3) is 0 Å². The van der Waals surface area contributed by atoms with Crippen molar-refractivity contribution >= 4 is 28.1 Å². The molecule has 0 saturated heterocycles. The normalized spacial score (nSPS) is 14.6. The maximum absolute atomic E-state index is 12.5. The SMILES string of the molecule is CC(C)(C)OC(=O)N1CCc2c(sc(NC(O)C(c3ccccc3)c3ccccc3)c2N)C1. The molecule has 2 aromatic carbocycles. The molecule has 1 atom stereocenters. The molecule has 0 bridgehead atoms. The van der Waals surface area contributed by atoms with Crippen molar-refractivity contribution in [2.75, 3.05) is 17.6 Å². The van der Waals surface area contributed by atoms with E-state index >= 15 is 0 Å². The summed E-state index contributed by atoms with van der Waals surface area (Å²) in [6.07, 6.45) is -0.530. The first kappa shape index (κ1) is 23.1. The molecule has 1 aliphatic heterocycles. The number of hydrogen-bond acceptors (Lipinski definition) is 6. The Kier molecular flexibility index (Phi) is 6.63. The van der Waals surface area contributed by atoms with Gasteiger partial charge in [-0.1, -0.05) is 60.7 Å². The minimum atomic E-state index is -0.876. The minimum absolute atomic E-state index is 0.260. The maximum Gasteiger partial charge on any atom is 0.410 e. The second-order valence-corrected chi connectivity index (χ2v) is 10.4. The van der Waals surface area contributed by atoms with E-state index in [1.807, 2.05) is 81.4 Å². The van der Waals surface area contributed by atoms with Crippen LogP contribution < -0.4 is 11.1 Å². The highest BCUT2D eigenvalue weighted by Gasteiger charge is 2.30. The standard InChI is InChI=1S/C26H31N3O3S/c1-26(2,3)32-25(31)29-15-14-19-20(16-29)33-24(22(19)27)28-23(30)21(17-10-6-4-7-11-17)18-12-8-5-9-13-18/h4-13,21,23,28,30H,14-16,27H2,1-3H3. The fraction of sp³-hybridized carbons (Fsp3) is 0.346. The summed E-state index contributed by atoms with van der Waals surface area (Å²) in [5, 5.41) is 15.3. The lowest BCUT2D eigenvalue weighted by molar-refractivity contribution is 0.0227. The Labute approximate surface area is 199 Å². The zero-order valence-electron chi connectivity index (χ0n) is 19.2. The summed E-state index contributed by atoms with van der Waals surface area (Å²) in [5.41, 5.74) is 9.66. The van der Waals surface area contributed by atoms with E-state index in [2.05, 4.69) is 5.32 Å². The molecule has 1 aliphatic rings. The van der Waals surface area contributed by atoms with Gasteiger partial charge in [-0.15, -0.1) is 11.3 Å². The number of aliphatic hydroxyl groups excluding tert-OH is 1. The molecule has 1 aromatic heterocycles. The Balaban J connectivity index is 1.55. The van der Waals surface area contributed by atoms with Gasteiger partial charge >= 0.3 is 6.09 Å². The van der Waals surface area contributed by atoms with Crippen molar-refractivity contribution < 1.29 is 14.6 Å². The van der Waals surface area contributed by atoms with E-state index in [1.54, 1.807) is 4.90 Å². The molecule has 4 rings (SSSR count). The van der Waals surface area contributed by atoms with Gasteiger partial charge in [0.1, 0.15) is 16.8 Å². The van der Waals surface area contributed by atoms with E-state index < -0.39 is 11.8 Å². The fourth-order valence-corrected chi connectivity index (χ4v) is 5.33. The summed E-state index contributed by atoms with van der Waals surface area (Å²) < 4.78 is 5.53. The molecule has 0 aliphatic carbocycles. The zero-order valence-corrected chi connectivity index (χ0v) is 20.1. The molecule has 174 valence electrons. The van der Waals surface area contributed by atoms with Crippen molar-refractivity contribution in [3.8, 4) is 0 Å². The zero-order chi connectivity index (χ0) is 23.6.